The number of amides is 2. The first-order valence-electron chi connectivity index (χ1n) is 12.2. The molecule has 0 unspecified atom stereocenters. The van der Waals surface area contributed by atoms with Gasteiger partial charge >= 0.3 is 0 Å². The molecule has 8 heteroatoms. The third kappa shape index (κ3) is 8.77. The van der Waals surface area contributed by atoms with Crippen LogP contribution in [0.1, 0.15) is 37.0 Å². The van der Waals surface area contributed by atoms with E-state index in [0.29, 0.717) is 27.8 Å². The Balaban J connectivity index is 1.87. The molecule has 196 valence electrons. The van der Waals surface area contributed by atoms with Crippen molar-refractivity contribution >= 4 is 46.8 Å². The molecule has 0 aliphatic heterocycles. The van der Waals surface area contributed by atoms with Gasteiger partial charge in [0.15, 0.2) is 0 Å². The maximum absolute atomic E-state index is 14.7. The average molecular weight is 562 g/mol. The van der Waals surface area contributed by atoms with Crippen LogP contribution in [0.4, 0.5) is 4.39 Å². The number of rotatable bonds is 12. The third-order valence-corrected chi connectivity index (χ3v) is 7.62. The summed E-state index contributed by atoms with van der Waals surface area (Å²) in [6.07, 6.45) is 1.07. The van der Waals surface area contributed by atoms with Crippen LogP contribution in [0, 0.1) is 5.82 Å². The number of nitrogens with zero attached hydrogens (tertiary/aromatic N) is 1. The second-order valence-electron chi connectivity index (χ2n) is 8.86. The van der Waals surface area contributed by atoms with Crippen LogP contribution in [0.25, 0.3) is 0 Å². The molecular formula is C29H31Cl2FN2O2S. The molecule has 0 radical (unpaired) electrons. The van der Waals surface area contributed by atoms with Crippen molar-refractivity contribution in [2.75, 3.05) is 5.75 Å². The summed E-state index contributed by atoms with van der Waals surface area (Å²) in [5, 5.41) is 4.09. The Bertz CT molecular complexity index is 1200. The van der Waals surface area contributed by atoms with Gasteiger partial charge in [0.2, 0.25) is 11.8 Å². The van der Waals surface area contributed by atoms with Gasteiger partial charge in [0.25, 0.3) is 0 Å². The Morgan fingerprint density at radius 1 is 1.00 bits per heavy atom. The van der Waals surface area contributed by atoms with Gasteiger partial charge in [-0.15, -0.1) is 11.8 Å². The van der Waals surface area contributed by atoms with Gasteiger partial charge in [-0.25, -0.2) is 4.39 Å². The summed E-state index contributed by atoms with van der Waals surface area (Å²) in [6.45, 7) is 3.89. The fourth-order valence-electron chi connectivity index (χ4n) is 3.78. The lowest BCUT2D eigenvalue weighted by molar-refractivity contribution is -0.139. The first-order valence-corrected chi connectivity index (χ1v) is 14.1. The lowest BCUT2D eigenvalue weighted by Gasteiger charge is -2.32. The molecule has 0 saturated heterocycles. The molecule has 0 aliphatic carbocycles. The molecule has 3 aromatic carbocycles. The minimum Gasteiger partial charge on any atom is -0.352 e. The van der Waals surface area contributed by atoms with Crippen LogP contribution in [0.2, 0.25) is 10.0 Å². The molecule has 0 bridgehead atoms. The Morgan fingerprint density at radius 2 is 1.70 bits per heavy atom. The van der Waals surface area contributed by atoms with E-state index in [0.717, 1.165) is 17.5 Å². The number of carbonyl (C=O) groups excluding carboxylic acids is 2. The van der Waals surface area contributed by atoms with Crippen molar-refractivity contribution in [2.45, 2.75) is 51.1 Å². The smallest absolute Gasteiger partial charge is 0.243 e. The average Bonchev–Trinajstić information content (AvgIpc) is 2.88. The molecule has 0 saturated carbocycles. The summed E-state index contributed by atoms with van der Waals surface area (Å²) in [5.41, 5.74) is 2.13. The van der Waals surface area contributed by atoms with E-state index in [-0.39, 0.29) is 30.2 Å². The predicted molar refractivity (Wildman–Crippen MR) is 151 cm³/mol. The second-order valence-corrected chi connectivity index (χ2v) is 10.7. The van der Waals surface area contributed by atoms with Gasteiger partial charge in [0.1, 0.15) is 11.9 Å². The maximum atomic E-state index is 14.7. The normalized spacial score (nSPS) is 12.6. The number of nitrogens with one attached hydrogen (secondary N) is 1. The molecule has 0 fully saturated rings. The Labute approximate surface area is 232 Å². The molecule has 1 N–H and O–H groups in total. The van der Waals surface area contributed by atoms with Crippen molar-refractivity contribution in [3.05, 3.63) is 105 Å². The molecule has 2 atom stereocenters. The molecule has 0 aromatic heterocycles. The fourth-order valence-corrected chi connectivity index (χ4v) is 5.24. The van der Waals surface area contributed by atoms with Gasteiger partial charge in [0.05, 0.1) is 5.75 Å². The lowest BCUT2D eigenvalue weighted by atomic mass is 10.0. The van der Waals surface area contributed by atoms with Crippen molar-refractivity contribution in [1.29, 1.82) is 0 Å². The zero-order valence-corrected chi connectivity index (χ0v) is 23.3. The summed E-state index contributed by atoms with van der Waals surface area (Å²) in [4.78, 5) is 28.6. The van der Waals surface area contributed by atoms with Crippen LogP contribution < -0.4 is 5.32 Å². The number of benzene rings is 3. The second kappa shape index (κ2) is 14.4. The largest absolute Gasteiger partial charge is 0.352 e. The Hall–Kier alpha value is -2.54. The van der Waals surface area contributed by atoms with Crippen molar-refractivity contribution in [2.24, 2.45) is 0 Å². The molecular weight excluding hydrogens is 530 g/mol. The first-order chi connectivity index (χ1) is 17.8. The number of hydrogen-bond acceptors (Lipinski definition) is 3. The van der Waals surface area contributed by atoms with E-state index in [4.69, 9.17) is 23.2 Å². The van der Waals surface area contributed by atoms with E-state index in [2.05, 4.69) is 5.32 Å². The van der Waals surface area contributed by atoms with E-state index in [1.165, 1.54) is 22.7 Å². The van der Waals surface area contributed by atoms with Crippen LogP contribution >= 0.6 is 35.0 Å². The molecule has 0 heterocycles. The number of carbonyl (C=O) groups is 2. The van der Waals surface area contributed by atoms with Gasteiger partial charge in [0, 0.05) is 40.4 Å². The monoisotopic (exact) mass is 560 g/mol. The van der Waals surface area contributed by atoms with Crippen molar-refractivity contribution in [3.8, 4) is 0 Å². The summed E-state index contributed by atoms with van der Waals surface area (Å²) in [7, 11) is 0. The van der Waals surface area contributed by atoms with E-state index in [1.807, 2.05) is 50.2 Å². The van der Waals surface area contributed by atoms with Crippen LogP contribution in [0.3, 0.4) is 0 Å². The molecule has 2 amide bonds. The number of hydrogen-bond donors (Lipinski definition) is 1. The van der Waals surface area contributed by atoms with Gasteiger partial charge < -0.3 is 10.2 Å². The highest BCUT2D eigenvalue weighted by molar-refractivity contribution is 7.99. The highest BCUT2D eigenvalue weighted by Crippen LogP contribution is 2.25. The van der Waals surface area contributed by atoms with Gasteiger partial charge in [-0.2, -0.15) is 0 Å². The minimum absolute atomic E-state index is 0.0147. The Morgan fingerprint density at radius 3 is 2.38 bits per heavy atom. The highest BCUT2D eigenvalue weighted by Gasteiger charge is 2.31. The minimum atomic E-state index is -0.803. The van der Waals surface area contributed by atoms with E-state index in [1.54, 1.807) is 30.3 Å². The zero-order chi connectivity index (χ0) is 26.8. The zero-order valence-electron chi connectivity index (χ0n) is 20.9. The van der Waals surface area contributed by atoms with E-state index < -0.39 is 11.9 Å². The highest BCUT2D eigenvalue weighted by atomic mass is 35.5. The molecule has 3 aromatic rings. The molecule has 4 nitrogen and oxygen atoms in total. The summed E-state index contributed by atoms with van der Waals surface area (Å²) in [5.74, 6) is -0.318. The quantitative estimate of drug-likeness (QED) is 0.261. The van der Waals surface area contributed by atoms with Gasteiger partial charge in [-0.05, 0) is 42.7 Å². The first kappa shape index (κ1) is 29.0. The van der Waals surface area contributed by atoms with Crippen molar-refractivity contribution in [3.63, 3.8) is 0 Å². The third-order valence-electron chi connectivity index (χ3n) is 6.07. The van der Waals surface area contributed by atoms with Gasteiger partial charge in [-0.3, -0.25) is 9.59 Å². The molecule has 37 heavy (non-hydrogen) atoms. The fraction of sp³-hybridized carbons (Fsp3) is 0.310. The maximum Gasteiger partial charge on any atom is 0.243 e. The predicted octanol–water partition coefficient (Wildman–Crippen LogP) is 6.92. The SMILES string of the molecule is CC[C@H](C)NC(=O)[C@H](Cc1ccccc1)N(Cc1ccccc1F)C(=O)CSCc1ccc(Cl)cc1Cl. The van der Waals surface area contributed by atoms with Crippen LogP contribution in [0.5, 0.6) is 0 Å². The summed E-state index contributed by atoms with van der Waals surface area (Å²) < 4.78 is 14.7. The summed E-state index contributed by atoms with van der Waals surface area (Å²) >= 11 is 13.7. The van der Waals surface area contributed by atoms with Crippen LogP contribution in [-0.4, -0.2) is 34.6 Å². The molecule has 0 aliphatic rings. The Kier molecular flexibility index (Phi) is 11.3. The lowest BCUT2D eigenvalue weighted by Crippen LogP contribution is -2.52. The number of thioether (sulfide) groups is 1. The van der Waals surface area contributed by atoms with E-state index in [9.17, 15) is 14.0 Å². The topological polar surface area (TPSA) is 49.4 Å². The summed E-state index contributed by atoms with van der Waals surface area (Å²) in [6, 6.07) is 20.3. The van der Waals surface area contributed by atoms with Crippen molar-refractivity contribution < 1.29 is 14.0 Å². The molecule has 0 spiro atoms. The van der Waals surface area contributed by atoms with Crippen LogP contribution in [0.15, 0.2) is 72.8 Å². The van der Waals surface area contributed by atoms with E-state index >= 15 is 0 Å². The van der Waals surface area contributed by atoms with Gasteiger partial charge in [-0.1, -0.05) is 84.7 Å². The molecule has 3 rings (SSSR count). The number of halogens is 3. The van der Waals surface area contributed by atoms with Crippen molar-refractivity contribution in [1.82, 2.24) is 10.2 Å². The standard InChI is InChI=1S/C29H31Cl2FN2O2S/c1-3-20(2)33-29(36)27(15-21-9-5-4-6-10-21)34(17-22-11-7-8-12-26(22)32)28(35)19-37-18-23-13-14-24(30)16-25(23)31/h4-14,16,20,27H,3,15,17-19H2,1-2H3,(H,33,36)/t20-,27-/m0/s1. The van der Waals surface area contributed by atoms with Crippen LogP contribution in [-0.2, 0) is 28.3 Å².